The van der Waals surface area contributed by atoms with Crippen molar-refractivity contribution >= 4 is 22.8 Å². The average molecular weight is 335 g/mol. The van der Waals surface area contributed by atoms with Crippen molar-refractivity contribution in [2.45, 2.75) is 13.8 Å². The van der Waals surface area contributed by atoms with E-state index in [9.17, 15) is 9.59 Å². The number of esters is 1. The molecule has 0 aliphatic rings. The van der Waals surface area contributed by atoms with Crippen LogP contribution in [-0.2, 0) is 14.3 Å². The summed E-state index contributed by atoms with van der Waals surface area (Å²) in [6.45, 7) is 4.59. The van der Waals surface area contributed by atoms with Gasteiger partial charge in [0.15, 0.2) is 6.61 Å². The maximum absolute atomic E-state index is 12.1. The van der Waals surface area contributed by atoms with Gasteiger partial charge in [-0.1, -0.05) is 0 Å². The number of methoxy groups -OCH3 is 1. The number of ether oxygens (including phenoxy) is 3. The molecule has 0 atom stereocenters. The minimum absolute atomic E-state index is 0.0864. The van der Waals surface area contributed by atoms with E-state index in [1.807, 2.05) is 13.0 Å². The summed E-state index contributed by atoms with van der Waals surface area (Å²) in [4.78, 5) is 23.7. The second-order valence-corrected chi connectivity index (χ2v) is 5.07. The summed E-state index contributed by atoms with van der Waals surface area (Å²) in [5.41, 5.74) is 1.21. The number of aryl methyl sites for hydroxylation is 1. The molecule has 1 aromatic carbocycles. The van der Waals surface area contributed by atoms with Gasteiger partial charge in [-0.2, -0.15) is 0 Å². The predicted octanol–water partition coefficient (Wildman–Crippen LogP) is 2.06. The molecule has 1 aromatic heterocycles. The number of carbonyl (C=O) groups is 2. The average Bonchev–Trinajstić information content (AvgIpc) is 2.90. The summed E-state index contributed by atoms with van der Waals surface area (Å²) in [5.74, 6) is -0.286. The van der Waals surface area contributed by atoms with Crippen LogP contribution in [0.2, 0.25) is 0 Å². The first-order valence-corrected chi connectivity index (χ1v) is 7.65. The lowest BCUT2D eigenvalue weighted by atomic mass is 10.1. The molecule has 1 N–H and O–H groups in total. The third kappa shape index (κ3) is 4.26. The third-order valence-corrected chi connectivity index (χ3v) is 3.37. The van der Waals surface area contributed by atoms with Gasteiger partial charge in [0.25, 0.3) is 5.91 Å². The number of nitrogens with one attached hydrogen (secondary N) is 1. The molecule has 7 nitrogen and oxygen atoms in total. The molecule has 0 saturated carbocycles. The molecule has 0 unspecified atom stereocenters. The number of amides is 1. The van der Waals surface area contributed by atoms with Gasteiger partial charge in [-0.3, -0.25) is 4.79 Å². The number of furan rings is 1. The monoisotopic (exact) mass is 335 g/mol. The van der Waals surface area contributed by atoms with E-state index in [-0.39, 0.29) is 12.4 Å². The van der Waals surface area contributed by atoms with Crippen molar-refractivity contribution < 1.29 is 28.2 Å². The highest BCUT2D eigenvalue weighted by atomic mass is 16.5. The standard InChI is InChI=1S/C17H21NO6/c1-4-22-12-5-6-14-13(9-12)11(2)16(24-14)17(20)23-10-15(19)18-7-8-21-3/h5-6,9H,4,7-8,10H2,1-3H3,(H,18,19). The minimum atomic E-state index is -0.677. The lowest BCUT2D eigenvalue weighted by molar-refractivity contribution is -0.124. The summed E-state index contributed by atoms with van der Waals surface area (Å²) in [6, 6.07) is 5.32. The topological polar surface area (TPSA) is 87.0 Å². The molecule has 2 rings (SSSR count). The molecule has 24 heavy (non-hydrogen) atoms. The van der Waals surface area contributed by atoms with Gasteiger partial charge in [0, 0.05) is 24.6 Å². The van der Waals surface area contributed by atoms with Crippen molar-refractivity contribution in [1.29, 1.82) is 0 Å². The second kappa shape index (κ2) is 8.35. The molecule has 0 fully saturated rings. The number of rotatable bonds is 8. The van der Waals surface area contributed by atoms with Crippen molar-refractivity contribution in [3.8, 4) is 5.75 Å². The van der Waals surface area contributed by atoms with Gasteiger partial charge in [-0.25, -0.2) is 4.79 Å². The molecule has 0 spiro atoms. The van der Waals surface area contributed by atoms with E-state index in [4.69, 9.17) is 18.6 Å². The Morgan fingerprint density at radius 1 is 1.29 bits per heavy atom. The molecule has 7 heteroatoms. The zero-order valence-electron chi connectivity index (χ0n) is 14.0. The fourth-order valence-electron chi connectivity index (χ4n) is 2.19. The van der Waals surface area contributed by atoms with E-state index >= 15 is 0 Å². The molecule has 1 heterocycles. The second-order valence-electron chi connectivity index (χ2n) is 5.07. The van der Waals surface area contributed by atoms with E-state index in [1.54, 1.807) is 19.1 Å². The Balaban J connectivity index is 2.04. The van der Waals surface area contributed by atoms with Crippen LogP contribution >= 0.6 is 0 Å². The first-order chi connectivity index (χ1) is 11.6. The number of carbonyl (C=O) groups excluding carboxylic acids is 2. The van der Waals surface area contributed by atoms with Gasteiger partial charge in [0.2, 0.25) is 5.76 Å². The van der Waals surface area contributed by atoms with Crippen LogP contribution in [0.15, 0.2) is 22.6 Å². The lowest BCUT2D eigenvalue weighted by Crippen LogP contribution is -2.31. The molecule has 0 bridgehead atoms. The van der Waals surface area contributed by atoms with E-state index in [0.717, 1.165) is 5.39 Å². The Kier molecular flexibility index (Phi) is 6.20. The first-order valence-electron chi connectivity index (χ1n) is 7.65. The van der Waals surface area contributed by atoms with E-state index in [1.165, 1.54) is 7.11 Å². The molecule has 0 aliphatic carbocycles. The summed E-state index contributed by atoms with van der Waals surface area (Å²) in [6.07, 6.45) is 0. The highest BCUT2D eigenvalue weighted by Crippen LogP contribution is 2.29. The number of hydrogen-bond donors (Lipinski definition) is 1. The SMILES string of the molecule is CCOc1ccc2oc(C(=O)OCC(=O)NCCOC)c(C)c2c1. The van der Waals surface area contributed by atoms with Crippen molar-refractivity contribution in [3.63, 3.8) is 0 Å². The Bertz CT molecular complexity index is 721. The van der Waals surface area contributed by atoms with Crippen LogP contribution in [-0.4, -0.2) is 45.4 Å². The van der Waals surface area contributed by atoms with Crippen LogP contribution in [0.4, 0.5) is 0 Å². The molecule has 0 radical (unpaired) electrons. The number of hydrogen-bond acceptors (Lipinski definition) is 6. The van der Waals surface area contributed by atoms with Crippen LogP contribution in [0.3, 0.4) is 0 Å². The van der Waals surface area contributed by atoms with Crippen LogP contribution in [0.25, 0.3) is 11.0 Å². The fraction of sp³-hybridized carbons (Fsp3) is 0.412. The molecule has 0 saturated heterocycles. The van der Waals surface area contributed by atoms with Gasteiger partial charge in [-0.15, -0.1) is 0 Å². The smallest absolute Gasteiger partial charge is 0.375 e. The van der Waals surface area contributed by atoms with E-state index < -0.39 is 11.9 Å². The van der Waals surface area contributed by atoms with Gasteiger partial charge in [-0.05, 0) is 32.0 Å². The summed E-state index contributed by atoms with van der Waals surface area (Å²) >= 11 is 0. The van der Waals surface area contributed by atoms with E-state index in [2.05, 4.69) is 5.32 Å². The molecule has 2 aromatic rings. The van der Waals surface area contributed by atoms with Crippen molar-refractivity contribution in [1.82, 2.24) is 5.32 Å². The Morgan fingerprint density at radius 2 is 2.08 bits per heavy atom. The molecule has 130 valence electrons. The minimum Gasteiger partial charge on any atom is -0.494 e. The Labute approximate surface area is 139 Å². The van der Waals surface area contributed by atoms with Crippen LogP contribution < -0.4 is 10.1 Å². The van der Waals surface area contributed by atoms with Gasteiger partial charge < -0.3 is 23.9 Å². The number of benzene rings is 1. The molecule has 0 aliphatic heterocycles. The highest BCUT2D eigenvalue weighted by Gasteiger charge is 2.20. The Hall–Kier alpha value is -2.54. The van der Waals surface area contributed by atoms with E-state index in [0.29, 0.717) is 36.7 Å². The van der Waals surface area contributed by atoms with Gasteiger partial charge in [0.05, 0.1) is 13.2 Å². The molecule has 1 amide bonds. The summed E-state index contributed by atoms with van der Waals surface area (Å²) < 4.78 is 20.8. The third-order valence-electron chi connectivity index (χ3n) is 3.37. The summed E-state index contributed by atoms with van der Waals surface area (Å²) in [7, 11) is 1.54. The highest BCUT2D eigenvalue weighted by molar-refractivity contribution is 5.97. The van der Waals surface area contributed by atoms with Gasteiger partial charge >= 0.3 is 5.97 Å². The van der Waals surface area contributed by atoms with Crippen molar-refractivity contribution in [2.75, 3.05) is 33.5 Å². The maximum atomic E-state index is 12.1. The van der Waals surface area contributed by atoms with Crippen LogP contribution in [0, 0.1) is 6.92 Å². The summed E-state index contributed by atoms with van der Waals surface area (Å²) in [5, 5.41) is 3.34. The zero-order valence-corrected chi connectivity index (χ0v) is 14.0. The van der Waals surface area contributed by atoms with Crippen LogP contribution in [0.5, 0.6) is 5.75 Å². The predicted molar refractivity (Wildman–Crippen MR) is 87.3 cm³/mol. The number of fused-ring (bicyclic) bond motifs is 1. The fourth-order valence-corrected chi connectivity index (χ4v) is 2.19. The largest absolute Gasteiger partial charge is 0.494 e. The lowest BCUT2D eigenvalue weighted by Gasteiger charge is -2.05. The van der Waals surface area contributed by atoms with Crippen molar-refractivity contribution in [3.05, 3.63) is 29.5 Å². The normalized spacial score (nSPS) is 10.6. The van der Waals surface area contributed by atoms with Crippen molar-refractivity contribution in [2.24, 2.45) is 0 Å². The quantitative estimate of drug-likeness (QED) is 0.587. The first kappa shape index (κ1) is 17.8. The van der Waals surface area contributed by atoms with Crippen LogP contribution in [0.1, 0.15) is 23.0 Å². The Morgan fingerprint density at radius 3 is 2.79 bits per heavy atom. The molecular formula is C17H21NO6. The van der Waals surface area contributed by atoms with Gasteiger partial charge in [0.1, 0.15) is 11.3 Å². The molecular weight excluding hydrogens is 314 g/mol. The maximum Gasteiger partial charge on any atom is 0.375 e. The zero-order chi connectivity index (χ0) is 17.5.